The van der Waals surface area contributed by atoms with Gasteiger partial charge in [0.05, 0.1) is 16.8 Å². The number of phenolic OH excluding ortho intramolecular Hbond substituents is 1. The molecule has 1 aliphatic heterocycles. The molecule has 4 rings (SSSR count). The molecule has 0 unspecified atom stereocenters. The highest BCUT2D eigenvalue weighted by molar-refractivity contribution is 6.31. The lowest BCUT2D eigenvalue weighted by molar-refractivity contribution is 0.0977. The number of benzene rings is 2. The Balaban J connectivity index is 1.92. The van der Waals surface area contributed by atoms with Crippen LogP contribution in [-0.2, 0) is 11.2 Å². The Labute approximate surface area is 149 Å². The fourth-order valence-corrected chi connectivity index (χ4v) is 3.55. The van der Waals surface area contributed by atoms with Gasteiger partial charge >= 0.3 is 6.09 Å². The van der Waals surface area contributed by atoms with Crippen LogP contribution < -0.4 is 4.90 Å². The molecule has 0 saturated heterocycles. The Morgan fingerprint density at radius 3 is 2.50 bits per heavy atom. The molecule has 2 aromatic rings. The molecule has 0 saturated carbocycles. The number of anilines is 1. The molecule has 1 heterocycles. The lowest BCUT2D eigenvalue weighted by atomic mass is 9.81. The second-order valence-corrected chi connectivity index (χ2v) is 6.12. The van der Waals surface area contributed by atoms with E-state index in [0.29, 0.717) is 24.2 Å². The van der Waals surface area contributed by atoms with E-state index in [1.54, 1.807) is 24.3 Å². The zero-order valence-corrected chi connectivity index (χ0v) is 13.8. The molecule has 2 aromatic carbocycles. The van der Waals surface area contributed by atoms with Gasteiger partial charge in [-0.2, -0.15) is 0 Å². The average molecular weight is 349 g/mol. The maximum atomic E-state index is 13.1. The number of amides is 1. The smallest absolute Gasteiger partial charge is 0.414 e. The summed E-state index contributed by atoms with van der Waals surface area (Å²) >= 11 is 0. The number of rotatable bonds is 2. The summed E-state index contributed by atoms with van der Waals surface area (Å²) in [5.41, 5.74) is 1.51. The molecule has 1 N–H and O–H groups in total. The van der Waals surface area contributed by atoms with E-state index in [4.69, 9.17) is 4.74 Å². The number of hydrogen-bond donors (Lipinski definition) is 1. The number of aromatic hydroxyl groups is 1. The molecular weight excluding hydrogens is 334 g/mol. The van der Waals surface area contributed by atoms with Crippen molar-refractivity contribution in [1.29, 1.82) is 0 Å². The fourth-order valence-electron chi connectivity index (χ4n) is 3.55. The van der Waals surface area contributed by atoms with E-state index in [1.165, 1.54) is 17.0 Å². The van der Waals surface area contributed by atoms with Crippen LogP contribution in [0.4, 0.5) is 10.5 Å². The summed E-state index contributed by atoms with van der Waals surface area (Å²) in [6, 6.07) is 7.92. The molecule has 0 fully saturated rings. The first-order chi connectivity index (χ1) is 12.5. The van der Waals surface area contributed by atoms with E-state index in [2.05, 4.69) is 6.58 Å². The SMILES string of the molecule is C=CCOC(=O)N1CCc2cc(O)c3c(c21)C(=O)c1ccccc1C3=O. The molecule has 26 heavy (non-hydrogen) atoms. The van der Waals surface area contributed by atoms with Crippen LogP contribution in [-0.4, -0.2) is 35.9 Å². The van der Waals surface area contributed by atoms with Crippen LogP contribution in [0.3, 0.4) is 0 Å². The quantitative estimate of drug-likeness (QED) is 0.719. The summed E-state index contributed by atoms with van der Waals surface area (Å²) in [6.45, 7) is 3.86. The van der Waals surface area contributed by atoms with Crippen LogP contribution in [0.25, 0.3) is 0 Å². The first-order valence-corrected chi connectivity index (χ1v) is 8.17. The van der Waals surface area contributed by atoms with Gasteiger partial charge in [-0.15, -0.1) is 0 Å². The minimum atomic E-state index is -0.615. The van der Waals surface area contributed by atoms with Gasteiger partial charge in [0.1, 0.15) is 12.4 Å². The monoisotopic (exact) mass is 349 g/mol. The van der Waals surface area contributed by atoms with Crippen LogP contribution in [0.1, 0.15) is 37.4 Å². The highest BCUT2D eigenvalue weighted by Gasteiger charge is 2.40. The van der Waals surface area contributed by atoms with Gasteiger partial charge < -0.3 is 9.84 Å². The maximum absolute atomic E-state index is 13.1. The van der Waals surface area contributed by atoms with Gasteiger partial charge in [-0.1, -0.05) is 36.9 Å². The topological polar surface area (TPSA) is 83.9 Å². The average Bonchev–Trinajstić information content (AvgIpc) is 3.06. The molecule has 0 aromatic heterocycles. The third kappa shape index (κ3) is 2.15. The molecular formula is C20H15NO5. The van der Waals surface area contributed by atoms with E-state index in [0.717, 1.165) is 0 Å². The fraction of sp³-hybridized carbons (Fsp3) is 0.150. The summed E-state index contributed by atoms with van der Waals surface area (Å²) in [7, 11) is 0. The lowest BCUT2D eigenvalue weighted by Gasteiger charge is -2.24. The highest BCUT2D eigenvalue weighted by atomic mass is 16.6. The first-order valence-electron chi connectivity index (χ1n) is 8.17. The van der Waals surface area contributed by atoms with Crippen LogP contribution in [0, 0.1) is 0 Å². The molecule has 2 aliphatic rings. The summed E-state index contributed by atoms with van der Waals surface area (Å²) < 4.78 is 5.09. The van der Waals surface area contributed by atoms with E-state index in [-0.39, 0.29) is 40.4 Å². The second kappa shape index (κ2) is 5.84. The molecule has 6 heteroatoms. The van der Waals surface area contributed by atoms with Gasteiger partial charge in [0.2, 0.25) is 0 Å². The Morgan fingerprint density at radius 1 is 1.19 bits per heavy atom. The van der Waals surface area contributed by atoms with Crippen molar-refractivity contribution < 1.29 is 24.2 Å². The molecule has 0 atom stereocenters. The van der Waals surface area contributed by atoms with E-state index in [1.807, 2.05) is 0 Å². The van der Waals surface area contributed by atoms with Crippen LogP contribution in [0.5, 0.6) is 5.75 Å². The van der Waals surface area contributed by atoms with E-state index in [9.17, 15) is 19.5 Å². The van der Waals surface area contributed by atoms with E-state index < -0.39 is 11.9 Å². The standard InChI is InChI=1S/C20H15NO5/c1-2-9-26-20(25)21-8-7-11-10-14(22)15-16(17(11)21)19(24)13-6-4-3-5-12(13)18(15)23/h2-6,10,22H,1,7-9H2. The van der Waals surface area contributed by atoms with Gasteiger partial charge in [-0.3, -0.25) is 14.5 Å². The number of ketones is 2. The van der Waals surface area contributed by atoms with Crippen molar-refractivity contribution in [2.45, 2.75) is 6.42 Å². The Kier molecular flexibility index (Phi) is 3.61. The van der Waals surface area contributed by atoms with Crippen molar-refractivity contribution in [1.82, 2.24) is 0 Å². The number of phenols is 1. The minimum absolute atomic E-state index is 0.0423. The van der Waals surface area contributed by atoms with Gasteiger partial charge in [-0.25, -0.2) is 4.79 Å². The predicted octanol–water partition coefficient (Wildman–Crippen LogP) is 2.85. The molecule has 0 spiro atoms. The van der Waals surface area contributed by atoms with Gasteiger partial charge in [-0.05, 0) is 18.1 Å². The maximum Gasteiger partial charge on any atom is 0.414 e. The second-order valence-electron chi connectivity index (χ2n) is 6.12. The summed E-state index contributed by atoms with van der Waals surface area (Å²) in [4.78, 5) is 39.7. The highest BCUT2D eigenvalue weighted by Crippen LogP contribution is 2.43. The minimum Gasteiger partial charge on any atom is -0.507 e. The van der Waals surface area contributed by atoms with Gasteiger partial charge in [0.25, 0.3) is 0 Å². The zero-order valence-electron chi connectivity index (χ0n) is 13.8. The predicted molar refractivity (Wildman–Crippen MR) is 94.0 cm³/mol. The molecule has 6 nitrogen and oxygen atoms in total. The molecule has 130 valence electrons. The molecule has 0 radical (unpaired) electrons. The number of nitrogens with zero attached hydrogens (tertiary/aromatic N) is 1. The first kappa shape index (κ1) is 16.1. The van der Waals surface area contributed by atoms with Crippen molar-refractivity contribution in [2.75, 3.05) is 18.1 Å². The summed E-state index contributed by atoms with van der Waals surface area (Å²) in [5, 5.41) is 10.4. The Bertz CT molecular complexity index is 992. The Morgan fingerprint density at radius 2 is 1.85 bits per heavy atom. The normalized spacial score (nSPS) is 14.5. The van der Waals surface area contributed by atoms with Crippen LogP contribution >= 0.6 is 0 Å². The van der Waals surface area contributed by atoms with Crippen molar-refractivity contribution in [3.05, 3.63) is 70.8 Å². The van der Waals surface area contributed by atoms with Crippen molar-refractivity contribution in [2.24, 2.45) is 0 Å². The van der Waals surface area contributed by atoms with Gasteiger partial charge in [0, 0.05) is 17.7 Å². The molecule has 1 aliphatic carbocycles. The molecule has 1 amide bonds. The van der Waals surface area contributed by atoms with Crippen LogP contribution in [0.15, 0.2) is 43.0 Å². The van der Waals surface area contributed by atoms with Crippen molar-refractivity contribution >= 4 is 23.3 Å². The van der Waals surface area contributed by atoms with Gasteiger partial charge in [0.15, 0.2) is 11.6 Å². The third-order valence-electron chi connectivity index (χ3n) is 4.65. The summed E-state index contributed by atoms with van der Waals surface area (Å²) in [6.07, 6.45) is 1.30. The third-order valence-corrected chi connectivity index (χ3v) is 4.65. The van der Waals surface area contributed by atoms with Crippen molar-refractivity contribution in [3.63, 3.8) is 0 Å². The Hall–Kier alpha value is -3.41. The van der Waals surface area contributed by atoms with Crippen LogP contribution in [0.2, 0.25) is 0 Å². The largest absolute Gasteiger partial charge is 0.507 e. The van der Waals surface area contributed by atoms with Crippen molar-refractivity contribution in [3.8, 4) is 5.75 Å². The number of ether oxygens (including phenoxy) is 1. The molecule has 0 bridgehead atoms. The number of carbonyl (C=O) groups excluding carboxylic acids is 3. The number of fused-ring (bicyclic) bond motifs is 4. The number of carbonyl (C=O) groups is 3. The number of hydrogen-bond acceptors (Lipinski definition) is 5. The lowest BCUT2D eigenvalue weighted by Crippen LogP contribution is -2.32. The summed E-state index contributed by atoms with van der Waals surface area (Å²) in [5.74, 6) is -1.06. The van der Waals surface area contributed by atoms with E-state index >= 15 is 0 Å². The zero-order chi connectivity index (χ0) is 18.4.